The molecule has 0 unspecified atom stereocenters. The molecule has 42 nitrogen and oxygen atoms in total. The van der Waals surface area contributed by atoms with E-state index in [1.54, 1.807) is 91.1 Å². The number of nitrogens with two attached hydrogens (primary N) is 8. The lowest BCUT2D eigenvalue weighted by molar-refractivity contribution is -0.136. The molecule has 0 saturated carbocycles. The summed E-state index contributed by atoms with van der Waals surface area (Å²) >= 11 is 0. The van der Waals surface area contributed by atoms with E-state index in [0.717, 1.165) is 0 Å². The zero-order valence-corrected chi connectivity index (χ0v) is 76.6. The van der Waals surface area contributed by atoms with Crippen molar-refractivity contribution in [1.29, 1.82) is 0 Å². The van der Waals surface area contributed by atoms with Gasteiger partial charge in [0.05, 0.1) is 6.04 Å². The van der Waals surface area contributed by atoms with Crippen molar-refractivity contribution in [2.24, 2.45) is 45.9 Å². The van der Waals surface area contributed by atoms with Gasteiger partial charge in [-0.25, -0.2) is 0 Å². The van der Waals surface area contributed by atoms with Crippen LogP contribution < -0.4 is 131 Å². The number of rotatable bonds is 63. The molecular formula is C89H143N25O17. The van der Waals surface area contributed by atoms with Crippen LogP contribution in [-0.4, -0.2) is 247 Å². The van der Waals surface area contributed by atoms with E-state index in [4.69, 9.17) is 45.9 Å². The summed E-state index contributed by atoms with van der Waals surface area (Å²) < 4.78 is 0. The maximum atomic E-state index is 14.6. The first-order chi connectivity index (χ1) is 62.4. The molecule has 1 aromatic heterocycles. The number of fused-ring (bicyclic) bond motifs is 1. The molecule has 4 aromatic rings. The van der Waals surface area contributed by atoms with E-state index in [9.17, 15) is 81.5 Å². The summed E-state index contributed by atoms with van der Waals surface area (Å²) in [5.41, 5.74) is 48.6. The van der Waals surface area contributed by atoms with Crippen LogP contribution in [0.2, 0.25) is 0 Å². The number of aromatic nitrogens is 1. The van der Waals surface area contributed by atoms with Gasteiger partial charge in [-0.3, -0.25) is 81.5 Å². The van der Waals surface area contributed by atoms with Crippen LogP contribution in [0.15, 0.2) is 91.1 Å². The Bertz CT molecular complexity index is 4360. The summed E-state index contributed by atoms with van der Waals surface area (Å²) in [6.45, 7) is 12.5. The molecule has 0 spiro atoms. The monoisotopic (exact) mass is 1830 g/mol. The minimum atomic E-state index is -1.45. The first-order valence-corrected chi connectivity index (χ1v) is 45.1. The van der Waals surface area contributed by atoms with E-state index in [0.29, 0.717) is 124 Å². The van der Waals surface area contributed by atoms with E-state index < -0.39 is 203 Å². The lowest BCUT2D eigenvalue weighted by Crippen LogP contribution is -2.60. The van der Waals surface area contributed by atoms with Gasteiger partial charge in [0.15, 0.2) is 0 Å². The van der Waals surface area contributed by atoms with Crippen LogP contribution >= 0.6 is 0 Å². The number of H-pyrrole nitrogens is 1. The first kappa shape index (κ1) is 111. The summed E-state index contributed by atoms with van der Waals surface area (Å²) in [6, 6.07) is 2.51. The predicted octanol–water partition coefficient (Wildman–Crippen LogP) is -4.30. The maximum absolute atomic E-state index is 14.6. The second-order valence-electron chi connectivity index (χ2n) is 33.0. The van der Waals surface area contributed by atoms with Crippen LogP contribution in [0.1, 0.15) is 188 Å². The van der Waals surface area contributed by atoms with E-state index in [1.807, 2.05) is 0 Å². The number of unbranched alkanes of at least 4 members (excludes halogenated alkanes) is 6. The van der Waals surface area contributed by atoms with Crippen molar-refractivity contribution in [3.8, 4) is 0 Å². The Morgan fingerprint density at radius 2 is 0.473 bits per heavy atom. The molecule has 1 heterocycles. The highest BCUT2D eigenvalue weighted by molar-refractivity contribution is 6.01. The molecule has 0 aliphatic carbocycles. The molecule has 0 aliphatic rings. The number of carbonyl (C=O) groups is 17. The number of primary amides is 1. The number of aromatic amines is 1. The molecule has 3 aromatic carbocycles. The molecule has 4 rings (SSSR count). The quantitative estimate of drug-likeness (QED) is 0.0186. The van der Waals surface area contributed by atoms with Crippen molar-refractivity contribution in [2.75, 3.05) is 39.3 Å². The molecule has 17 atom stereocenters. The molecule has 0 aliphatic heterocycles. The van der Waals surface area contributed by atoms with E-state index in [-0.39, 0.29) is 77.5 Å². The third kappa shape index (κ3) is 40.4. The average molecular weight is 1840 g/mol. The lowest BCUT2D eigenvalue weighted by atomic mass is 10.0. The fourth-order valence-corrected chi connectivity index (χ4v) is 13.7. The number of amides is 17. The van der Waals surface area contributed by atoms with Gasteiger partial charge in [-0.2, -0.15) is 0 Å². The fraction of sp³-hybridized carbons (Fsp3) is 0.584. The van der Waals surface area contributed by atoms with Crippen LogP contribution in [0.25, 0.3) is 10.9 Å². The van der Waals surface area contributed by atoms with Gasteiger partial charge in [-0.05, 0) is 227 Å². The maximum Gasteiger partial charge on any atom is 0.243 e. The number of carbonyl (C=O) groups excluding carboxylic acids is 17. The predicted molar refractivity (Wildman–Crippen MR) is 493 cm³/mol. The number of hydrogen-bond donors (Lipinski definition) is 25. The van der Waals surface area contributed by atoms with E-state index >= 15 is 0 Å². The third-order valence-electron chi connectivity index (χ3n) is 21.8. The number of hydrogen-bond acceptors (Lipinski definition) is 24. The van der Waals surface area contributed by atoms with Crippen LogP contribution in [-0.2, 0) is 101 Å². The highest BCUT2D eigenvalue weighted by Gasteiger charge is 2.37. The van der Waals surface area contributed by atoms with Crippen molar-refractivity contribution in [3.63, 3.8) is 0 Å². The summed E-state index contributed by atoms with van der Waals surface area (Å²) in [7, 11) is 0. The fourth-order valence-electron chi connectivity index (χ4n) is 13.7. The van der Waals surface area contributed by atoms with Crippen LogP contribution in [0.5, 0.6) is 0 Å². The van der Waals surface area contributed by atoms with Gasteiger partial charge in [0.25, 0.3) is 0 Å². The normalized spacial score (nSPS) is 15.1. The van der Waals surface area contributed by atoms with Gasteiger partial charge in [-0.1, -0.05) is 85.3 Å². The summed E-state index contributed by atoms with van der Waals surface area (Å²) in [4.78, 5) is 239. The Kier molecular flexibility index (Phi) is 50.9. The molecule has 42 heteroatoms. The van der Waals surface area contributed by atoms with Gasteiger partial charge in [0.2, 0.25) is 100 Å². The van der Waals surface area contributed by atoms with Gasteiger partial charge < -0.3 is 136 Å². The van der Waals surface area contributed by atoms with Crippen LogP contribution in [0, 0.1) is 0 Å². The van der Waals surface area contributed by atoms with Crippen LogP contribution in [0.4, 0.5) is 0 Å². The Balaban J connectivity index is 1.48. The molecular weight excluding hydrogens is 1690 g/mol. The molecule has 0 saturated heterocycles. The molecule has 17 amide bonds. The van der Waals surface area contributed by atoms with Crippen LogP contribution in [0.3, 0.4) is 0 Å². The van der Waals surface area contributed by atoms with Crippen molar-refractivity contribution >= 4 is 111 Å². The van der Waals surface area contributed by atoms with Gasteiger partial charge in [0, 0.05) is 36.4 Å². The molecule has 726 valence electrons. The Labute approximate surface area is 765 Å². The average Bonchev–Trinajstić information content (AvgIpc) is 1.69. The van der Waals surface area contributed by atoms with Gasteiger partial charge >= 0.3 is 0 Å². The zero-order chi connectivity index (χ0) is 97.2. The number of para-hydroxylation sites is 1. The standard InChI is InChI=1S/C89H143N25O17/c1-51(73(97)115)99-74(116)52(2)104-87(129)70(47-59-29-11-9-12-30-59)113-79(121)57(7)102-82(124)65(36-18-24-42-91)108-77(119)56(6)106-89(131)72(49-61-50-98-64-35-16-15-33-62(61)64)114-80(122)58(8)103-83(125)66(37-19-25-43-92)107-76(118)55(5)105-88(130)71(48-60-31-13-10-14-32-60)112-78(120)54(4)100-75(117)53(3)101-84(126)67(38-20-26-44-93)110-86(128)69(40-22-28-46-95)111-85(127)68(39-21-27-45-94)109-81(123)63(96)34-17-23-41-90/h9-16,29-33,35,50-58,63,65-72,98H,17-28,34,36-49,90-96H2,1-8H3,(H2,97,115)(H,99,116)(H,100,117)(H,101,126)(H,102,124)(H,103,125)(H,104,129)(H,105,130)(H,106,131)(H,107,118)(H,108,119)(H,109,123)(H,110,128)(H,111,127)(H,112,120)(H,113,121)(H,114,122)/t51-,52-,53-,54-,55-,56-,57-,58-,63-,65-,66-,67-,68-,69-,70-,71-,72-/m0/s1. The molecule has 0 bridgehead atoms. The Morgan fingerprint density at radius 1 is 0.252 bits per heavy atom. The lowest BCUT2D eigenvalue weighted by Gasteiger charge is -2.27. The minimum Gasteiger partial charge on any atom is -0.368 e. The molecule has 0 fully saturated rings. The number of benzene rings is 3. The summed E-state index contributed by atoms with van der Waals surface area (Å²) in [5.74, 6) is -13.6. The molecule has 131 heavy (non-hydrogen) atoms. The summed E-state index contributed by atoms with van der Waals surface area (Å²) in [5, 5.41) is 42.7. The Hall–Kier alpha value is -12.1. The Morgan fingerprint density at radius 3 is 0.771 bits per heavy atom. The SMILES string of the molecule is C[C@H](NC(=O)[C@H](C)NC(=O)[C@H](Cc1ccccc1)NC(=O)[C@H](C)NC(=O)[C@H](CCCCN)NC(=O)[C@H](C)NC(=O)[C@H](Cc1c[nH]c2ccccc12)NC(=O)[C@H](C)NC(=O)[C@H](CCCCN)NC(=O)[C@H](C)NC(=O)[C@H](Cc1ccccc1)NC(=O)[C@H](C)NC(=O)[C@H](C)NC(=O)[C@H](CCCCN)NC(=O)[C@H](CCCCN)NC(=O)[C@H](CCCCN)NC(=O)[C@@H](N)CCCCN)C(N)=O. The second kappa shape index (κ2) is 60.0. The molecule has 0 radical (unpaired) electrons. The largest absolute Gasteiger partial charge is 0.368 e. The van der Waals surface area contributed by atoms with Gasteiger partial charge in [-0.15, -0.1) is 0 Å². The highest BCUT2D eigenvalue weighted by Crippen LogP contribution is 2.21. The second-order valence-corrected chi connectivity index (χ2v) is 33.0. The van der Waals surface area contributed by atoms with Crippen molar-refractivity contribution < 1.29 is 81.5 Å². The smallest absolute Gasteiger partial charge is 0.243 e. The number of nitrogens with one attached hydrogen (secondary N) is 17. The van der Waals surface area contributed by atoms with E-state index in [2.05, 4.69) is 90.1 Å². The topological polar surface area (TPSA) is 707 Å². The third-order valence-corrected chi connectivity index (χ3v) is 21.8. The van der Waals surface area contributed by atoms with Gasteiger partial charge in [0.1, 0.15) is 96.7 Å². The van der Waals surface area contributed by atoms with Crippen molar-refractivity contribution in [1.82, 2.24) is 90.1 Å². The summed E-state index contributed by atoms with van der Waals surface area (Å²) in [6.07, 6.45) is 7.34. The van der Waals surface area contributed by atoms with Crippen molar-refractivity contribution in [3.05, 3.63) is 108 Å². The first-order valence-electron chi connectivity index (χ1n) is 45.1. The highest BCUT2D eigenvalue weighted by atomic mass is 16.2. The van der Waals surface area contributed by atoms with E-state index in [1.165, 1.54) is 55.4 Å². The zero-order valence-electron chi connectivity index (χ0n) is 76.6. The van der Waals surface area contributed by atoms with Crippen molar-refractivity contribution in [2.45, 2.75) is 293 Å². The minimum absolute atomic E-state index is 0.0151. The molecule has 33 N–H and O–H groups in total.